The Bertz CT molecular complexity index is 1190. The highest BCUT2D eigenvalue weighted by Gasteiger charge is 2.15. The van der Waals surface area contributed by atoms with E-state index < -0.39 is 5.91 Å². The predicted octanol–water partition coefficient (Wildman–Crippen LogP) is 6.09. The van der Waals surface area contributed by atoms with Gasteiger partial charge in [-0.15, -0.1) is 0 Å². The molecule has 32 heavy (non-hydrogen) atoms. The van der Waals surface area contributed by atoms with E-state index in [0.29, 0.717) is 34.4 Å². The number of ether oxygens (including phenoxy) is 2. The van der Waals surface area contributed by atoms with Gasteiger partial charge in [-0.25, -0.2) is 0 Å². The summed E-state index contributed by atoms with van der Waals surface area (Å²) in [5.74, 6) is 0.304. The number of amides is 1. The minimum atomic E-state index is -0.503. The molecule has 3 aromatic carbocycles. The van der Waals surface area contributed by atoms with Crippen molar-refractivity contribution in [3.8, 4) is 17.6 Å². The molecule has 162 valence electrons. The fourth-order valence-electron chi connectivity index (χ4n) is 3.02. The Morgan fingerprint density at radius 3 is 2.50 bits per heavy atom. The summed E-state index contributed by atoms with van der Waals surface area (Å²) < 4.78 is 11.3. The molecule has 0 atom stereocenters. The number of carbonyl (C=O) groups excluding carboxylic acids is 1. The number of hydrogen-bond donors (Lipinski definition) is 1. The van der Waals surface area contributed by atoms with Crippen molar-refractivity contribution in [1.29, 1.82) is 5.26 Å². The van der Waals surface area contributed by atoms with Crippen LogP contribution in [0.3, 0.4) is 0 Å². The lowest BCUT2D eigenvalue weighted by atomic mass is 10.1. The van der Waals surface area contributed by atoms with Crippen molar-refractivity contribution in [2.24, 2.45) is 0 Å². The van der Waals surface area contributed by atoms with Gasteiger partial charge in [0.15, 0.2) is 11.5 Å². The molecule has 0 unspecified atom stereocenters. The minimum absolute atomic E-state index is 0.0558. The molecule has 6 heteroatoms. The molecule has 0 heterocycles. The molecule has 0 saturated heterocycles. The van der Waals surface area contributed by atoms with E-state index in [-0.39, 0.29) is 5.57 Å². The number of hydrogen-bond acceptors (Lipinski definition) is 4. The van der Waals surface area contributed by atoms with Crippen LogP contribution in [0.25, 0.3) is 6.08 Å². The monoisotopic (exact) mass is 446 g/mol. The first-order valence-electron chi connectivity index (χ1n) is 9.96. The fourth-order valence-corrected chi connectivity index (χ4v) is 3.29. The van der Waals surface area contributed by atoms with Crippen molar-refractivity contribution < 1.29 is 14.3 Å². The average Bonchev–Trinajstić information content (AvgIpc) is 2.79. The number of benzene rings is 3. The van der Waals surface area contributed by atoms with Crippen molar-refractivity contribution in [2.75, 3.05) is 12.4 Å². The van der Waals surface area contributed by atoms with E-state index in [1.807, 2.05) is 62.4 Å². The Balaban J connectivity index is 1.82. The molecule has 0 aliphatic heterocycles. The quantitative estimate of drug-likeness (QED) is 0.352. The Morgan fingerprint density at radius 2 is 1.84 bits per heavy atom. The lowest BCUT2D eigenvalue weighted by molar-refractivity contribution is -0.112. The molecular weight excluding hydrogens is 424 g/mol. The standard InChI is InChI=1S/C26H23ClN2O3/c1-17-8-10-19(11-9-17)16-32-25-22(27)13-20(14-24(25)31-3)12-21(15-28)26(30)29-23-7-5-4-6-18(23)2/h4-14H,16H2,1-3H3,(H,29,30)/b21-12-. The zero-order valence-electron chi connectivity index (χ0n) is 18.1. The third-order valence-corrected chi connectivity index (χ3v) is 5.11. The van der Waals surface area contributed by atoms with Crippen molar-refractivity contribution in [3.63, 3.8) is 0 Å². The summed E-state index contributed by atoms with van der Waals surface area (Å²) in [4.78, 5) is 12.6. The van der Waals surface area contributed by atoms with Crippen LogP contribution in [0.15, 0.2) is 66.2 Å². The highest BCUT2D eigenvalue weighted by Crippen LogP contribution is 2.37. The number of methoxy groups -OCH3 is 1. The molecule has 0 radical (unpaired) electrons. The van der Waals surface area contributed by atoms with E-state index in [9.17, 15) is 10.1 Å². The molecule has 1 N–H and O–H groups in total. The van der Waals surface area contributed by atoms with Crippen LogP contribution in [0.5, 0.6) is 11.5 Å². The summed E-state index contributed by atoms with van der Waals surface area (Å²) in [6.45, 7) is 4.23. The largest absolute Gasteiger partial charge is 0.493 e. The van der Waals surface area contributed by atoms with E-state index in [4.69, 9.17) is 21.1 Å². The molecule has 3 aromatic rings. The van der Waals surface area contributed by atoms with Crippen LogP contribution >= 0.6 is 11.6 Å². The molecule has 0 bridgehead atoms. The zero-order valence-corrected chi connectivity index (χ0v) is 18.9. The van der Waals surface area contributed by atoms with Gasteiger partial charge in [0.1, 0.15) is 18.2 Å². The molecule has 0 fully saturated rings. The Kier molecular flexibility index (Phi) is 7.54. The first-order chi connectivity index (χ1) is 15.4. The summed E-state index contributed by atoms with van der Waals surface area (Å²) in [5, 5.41) is 12.6. The van der Waals surface area contributed by atoms with Crippen molar-refractivity contribution >= 4 is 29.3 Å². The smallest absolute Gasteiger partial charge is 0.266 e. The van der Waals surface area contributed by atoms with E-state index in [1.165, 1.54) is 18.7 Å². The second-order valence-corrected chi connectivity index (χ2v) is 7.65. The summed E-state index contributed by atoms with van der Waals surface area (Å²) in [7, 11) is 1.51. The van der Waals surface area contributed by atoms with Gasteiger partial charge in [-0.1, -0.05) is 59.6 Å². The Hall–Kier alpha value is -3.75. The first-order valence-corrected chi connectivity index (χ1v) is 10.3. The van der Waals surface area contributed by atoms with Gasteiger partial charge in [-0.05, 0) is 54.8 Å². The molecule has 0 aliphatic rings. The molecular formula is C26H23ClN2O3. The van der Waals surface area contributed by atoms with Crippen LogP contribution in [0.1, 0.15) is 22.3 Å². The average molecular weight is 447 g/mol. The van der Waals surface area contributed by atoms with Gasteiger partial charge >= 0.3 is 0 Å². The number of nitrogens with zero attached hydrogens (tertiary/aromatic N) is 1. The lowest BCUT2D eigenvalue weighted by Gasteiger charge is -2.14. The van der Waals surface area contributed by atoms with Crippen molar-refractivity contribution in [3.05, 3.63) is 93.5 Å². The maximum Gasteiger partial charge on any atom is 0.266 e. The topological polar surface area (TPSA) is 71.3 Å². The molecule has 3 rings (SSSR count). The highest BCUT2D eigenvalue weighted by atomic mass is 35.5. The Morgan fingerprint density at radius 1 is 1.12 bits per heavy atom. The molecule has 0 spiro atoms. The molecule has 0 aromatic heterocycles. The SMILES string of the molecule is COc1cc(/C=C(/C#N)C(=O)Nc2ccccc2C)cc(Cl)c1OCc1ccc(C)cc1. The number of para-hydroxylation sites is 1. The number of nitrogens with one attached hydrogen (secondary N) is 1. The molecule has 1 amide bonds. The van der Waals surface area contributed by atoms with Gasteiger partial charge in [-0.3, -0.25) is 4.79 Å². The molecule has 0 saturated carbocycles. The van der Waals surface area contributed by atoms with Gasteiger partial charge in [-0.2, -0.15) is 5.26 Å². The van der Waals surface area contributed by atoms with Crippen molar-refractivity contribution in [1.82, 2.24) is 0 Å². The zero-order chi connectivity index (χ0) is 23.1. The lowest BCUT2D eigenvalue weighted by Crippen LogP contribution is -2.14. The van der Waals surface area contributed by atoms with Crippen LogP contribution in [0, 0.1) is 25.2 Å². The summed E-state index contributed by atoms with van der Waals surface area (Å²) in [5.41, 5.74) is 4.20. The number of carbonyl (C=O) groups is 1. The maximum atomic E-state index is 12.6. The second kappa shape index (κ2) is 10.5. The Labute approximate surface area is 192 Å². The molecule has 5 nitrogen and oxygen atoms in total. The minimum Gasteiger partial charge on any atom is -0.493 e. The third kappa shape index (κ3) is 5.69. The summed E-state index contributed by atoms with van der Waals surface area (Å²) in [6, 6.07) is 20.6. The van der Waals surface area contributed by atoms with Crippen LogP contribution in [-0.2, 0) is 11.4 Å². The fraction of sp³-hybridized carbons (Fsp3) is 0.154. The molecule has 0 aliphatic carbocycles. The number of aryl methyl sites for hydroxylation is 2. The number of halogens is 1. The van der Waals surface area contributed by atoms with Crippen LogP contribution < -0.4 is 14.8 Å². The van der Waals surface area contributed by atoms with E-state index in [0.717, 1.165) is 11.1 Å². The number of anilines is 1. The van der Waals surface area contributed by atoms with Crippen LogP contribution in [0.2, 0.25) is 5.02 Å². The van der Waals surface area contributed by atoms with Gasteiger partial charge < -0.3 is 14.8 Å². The number of nitriles is 1. The second-order valence-electron chi connectivity index (χ2n) is 7.25. The first kappa shape index (κ1) is 22.9. The predicted molar refractivity (Wildman–Crippen MR) is 127 cm³/mol. The van der Waals surface area contributed by atoms with Gasteiger partial charge in [0.05, 0.1) is 12.1 Å². The van der Waals surface area contributed by atoms with Gasteiger partial charge in [0.25, 0.3) is 5.91 Å². The van der Waals surface area contributed by atoms with Gasteiger partial charge in [0, 0.05) is 5.69 Å². The van der Waals surface area contributed by atoms with E-state index in [1.54, 1.807) is 18.2 Å². The van der Waals surface area contributed by atoms with Gasteiger partial charge in [0.2, 0.25) is 0 Å². The maximum absolute atomic E-state index is 12.6. The third-order valence-electron chi connectivity index (χ3n) is 4.82. The van der Waals surface area contributed by atoms with Crippen LogP contribution in [0.4, 0.5) is 5.69 Å². The summed E-state index contributed by atoms with van der Waals surface area (Å²) >= 11 is 6.44. The van der Waals surface area contributed by atoms with Crippen LogP contribution in [-0.4, -0.2) is 13.0 Å². The summed E-state index contributed by atoms with van der Waals surface area (Å²) in [6.07, 6.45) is 1.46. The van der Waals surface area contributed by atoms with E-state index in [2.05, 4.69) is 5.32 Å². The highest BCUT2D eigenvalue weighted by molar-refractivity contribution is 6.32. The van der Waals surface area contributed by atoms with E-state index >= 15 is 0 Å². The normalized spacial score (nSPS) is 10.9. The van der Waals surface area contributed by atoms with Crippen molar-refractivity contribution in [2.45, 2.75) is 20.5 Å². The number of rotatable bonds is 7.